The molecule has 0 saturated carbocycles. The topological polar surface area (TPSA) is 24.9 Å². The molecule has 0 aliphatic carbocycles. The molecule has 1 aromatic carbocycles. The van der Waals surface area contributed by atoms with Crippen LogP contribution < -0.4 is 5.32 Å². The van der Waals surface area contributed by atoms with Crippen LogP contribution in [-0.4, -0.2) is 11.5 Å². The Hall–Kier alpha value is -1.09. The molecule has 106 valence electrons. The number of benzene rings is 1. The summed E-state index contributed by atoms with van der Waals surface area (Å²) in [6.45, 7) is 3.11. The highest BCUT2D eigenvalue weighted by molar-refractivity contribution is 6.42. The number of pyridine rings is 1. The number of rotatable bonds is 6. The van der Waals surface area contributed by atoms with Crippen LogP contribution in [0.4, 0.5) is 0 Å². The average Bonchev–Trinajstić information content (AvgIpc) is 2.47. The first-order chi connectivity index (χ1) is 9.70. The third-order valence-electron chi connectivity index (χ3n) is 3.13. The van der Waals surface area contributed by atoms with Crippen LogP contribution in [0.15, 0.2) is 42.6 Å². The van der Waals surface area contributed by atoms with Crippen LogP contribution in [0, 0.1) is 0 Å². The van der Waals surface area contributed by atoms with Gasteiger partial charge in [-0.15, -0.1) is 0 Å². The standard InChI is InChI=1S/C16H18Cl2N2/c1-2-8-20-16(11-13-5-3-4-9-19-13)12-6-7-14(17)15(18)10-12/h3-7,9-10,16,20H,2,8,11H2,1H3. The van der Waals surface area contributed by atoms with Gasteiger partial charge in [-0.05, 0) is 42.8 Å². The Balaban J connectivity index is 2.20. The zero-order valence-electron chi connectivity index (χ0n) is 11.4. The van der Waals surface area contributed by atoms with Crippen molar-refractivity contribution in [3.8, 4) is 0 Å². The van der Waals surface area contributed by atoms with Crippen molar-refractivity contribution >= 4 is 23.2 Å². The normalized spacial score (nSPS) is 12.3. The zero-order valence-corrected chi connectivity index (χ0v) is 13.0. The van der Waals surface area contributed by atoms with Crippen LogP contribution in [0.2, 0.25) is 10.0 Å². The molecule has 1 heterocycles. The second-order valence-corrected chi connectivity index (χ2v) is 5.52. The molecule has 0 saturated heterocycles. The van der Waals surface area contributed by atoms with Crippen LogP contribution in [0.3, 0.4) is 0 Å². The van der Waals surface area contributed by atoms with E-state index in [2.05, 4.69) is 17.2 Å². The van der Waals surface area contributed by atoms with Crippen molar-refractivity contribution in [2.24, 2.45) is 0 Å². The highest BCUT2D eigenvalue weighted by Gasteiger charge is 2.13. The molecule has 20 heavy (non-hydrogen) atoms. The van der Waals surface area contributed by atoms with Gasteiger partial charge in [0.1, 0.15) is 0 Å². The van der Waals surface area contributed by atoms with E-state index in [4.69, 9.17) is 23.2 Å². The molecule has 2 rings (SSSR count). The Morgan fingerprint density at radius 3 is 2.65 bits per heavy atom. The van der Waals surface area contributed by atoms with Crippen molar-refractivity contribution in [3.05, 3.63) is 63.9 Å². The van der Waals surface area contributed by atoms with Crippen LogP contribution >= 0.6 is 23.2 Å². The van der Waals surface area contributed by atoms with E-state index in [1.54, 1.807) is 0 Å². The second kappa shape index (κ2) is 7.63. The van der Waals surface area contributed by atoms with Gasteiger partial charge in [0.2, 0.25) is 0 Å². The third-order valence-corrected chi connectivity index (χ3v) is 3.87. The highest BCUT2D eigenvalue weighted by Crippen LogP contribution is 2.27. The number of nitrogens with zero attached hydrogens (tertiary/aromatic N) is 1. The maximum atomic E-state index is 6.12. The van der Waals surface area contributed by atoms with Gasteiger partial charge in [0, 0.05) is 24.4 Å². The number of hydrogen-bond acceptors (Lipinski definition) is 2. The van der Waals surface area contributed by atoms with E-state index in [1.165, 1.54) is 0 Å². The van der Waals surface area contributed by atoms with Crippen LogP contribution in [0.1, 0.15) is 30.6 Å². The molecule has 4 heteroatoms. The smallest absolute Gasteiger partial charge is 0.0595 e. The molecule has 0 fully saturated rings. The number of aromatic nitrogens is 1. The monoisotopic (exact) mass is 308 g/mol. The lowest BCUT2D eigenvalue weighted by atomic mass is 10.0. The third kappa shape index (κ3) is 4.20. The predicted molar refractivity (Wildman–Crippen MR) is 85.4 cm³/mol. The van der Waals surface area contributed by atoms with Crippen molar-refractivity contribution < 1.29 is 0 Å². The van der Waals surface area contributed by atoms with Gasteiger partial charge < -0.3 is 5.32 Å². The quantitative estimate of drug-likeness (QED) is 0.838. The predicted octanol–water partition coefficient (Wildman–Crippen LogP) is 4.67. The van der Waals surface area contributed by atoms with E-state index in [1.807, 2.05) is 42.6 Å². The van der Waals surface area contributed by atoms with Gasteiger partial charge in [0.05, 0.1) is 10.0 Å². The van der Waals surface area contributed by atoms with Crippen molar-refractivity contribution in [3.63, 3.8) is 0 Å². The van der Waals surface area contributed by atoms with E-state index in [0.29, 0.717) is 10.0 Å². The molecule has 1 aromatic heterocycles. The summed E-state index contributed by atoms with van der Waals surface area (Å²) in [5.41, 5.74) is 2.20. The lowest BCUT2D eigenvalue weighted by Gasteiger charge is -2.19. The fourth-order valence-corrected chi connectivity index (χ4v) is 2.39. The van der Waals surface area contributed by atoms with Gasteiger partial charge in [-0.3, -0.25) is 4.98 Å². The molecule has 1 unspecified atom stereocenters. The van der Waals surface area contributed by atoms with Crippen molar-refractivity contribution in [2.75, 3.05) is 6.54 Å². The molecular formula is C16H18Cl2N2. The van der Waals surface area contributed by atoms with Gasteiger partial charge in [-0.25, -0.2) is 0 Å². The van der Waals surface area contributed by atoms with Crippen LogP contribution in [0.5, 0.6) is 0 Å². The highest BCUT2D eigenvalue weighted by atomic mass is 35.5. The van der Waals surface area contributed by atoms with Gasteiger partial charge in [0.15, 0.2) is 0 Å². The Bertz CT molecular complexity index is 543. The van der Waals surface area contributed by atoms with E-state index in [9.17, 15) is 0 Å². The summed E-state index contributed by atoms with van der Waals surface area (Å²) in [5.74, 6) is 0. The molecule has 1 N–H and O–H groups in total. The minimum absolute atomic E-state index is 0.194. The van der Waals surface area contributed by atoms with Gasteiger partial charge in [-0.2, -0.15) is 0 Å². The lowest BCUT2D eigenvalue weighted by molar-refractivity contribution is 0.524. The molecule has 0 bridgehead atoms. The second-order valence-electron chi connectivity index (χ2n) is 4.71. The first-order valence-corrected chi connectivity index (χ1v) is 7.54. The minimum atomic E-state index is 0.194. The Kier molecular flexibility index (Phi) is 5.84. The molecule has 2 nitrogen and oxygen atoms in total. The largest absolute Gasteiger partial charge is 0.310 e. The van der Waals surface area contributed by atoms with Gasteiger partial charge in [0.25, 0.3) is 0 Å². The first kappa shape index (κ1) is 15.3. The summed E-state index contributed by atoms with van der Waals surface area (Å²) in [4.78, 5) is 4.39. The van der Waals surface area contributed by atoms with Gasteiger partial charge in [-0.1, -0.05) is 42.3 Å². The zero-order chi connectivity index (χ0) is 14.4. The van der Waals surface area contributed by atoms with E-state index < -0.39 is 0 Å². The summed E-state index contributed by atoms with van der Waals surface area (Å²) in [5, 5.41) is 4.72. The van der Waals surface area contributed by atoms with Crippen molar-refractivity contribution in [1.29, 1.82) is 0 Å². The van der Waals surface area contributed by atoms with Crippen molar-refractivity contribution in [2.45, 2.75) is 25.8 Å². The number of nitrogens with one attached hydrogen (secondary N) is 1. The molecule has 0 amide bonds. The van der Waals surface area contributed by atoms with E-state index in [0.717, 1.165) is 30.6 Å². The molecule has 0 aliphatic rings. The fourth-order valence-electron chi connectivity index (χ4n) is 2.08. The maximum Gasteiger partial charge on any atom is 0.0595 e. The Morgan fingerprint density at radius 1 is 1.15 bits per heavy atom. The SMILES string of the molecule is CCCNC(Cc1ccccn1)c1ccc(Cl)c(Cl)c1. The summed E-state index contributed by atoms with van der Waals surface area (Å²) in [6.07, 6.45) is 3.74. The number of halogens is 2. The van der Waals surface area contributed by atoms with E-state index >= 15 is 0 Å². The Labute approximate surface area is 130 Å². The molecule has 0 spiro atoms. The summed E-state index contributed by atoms with van der Waals surface area (Å²) in [6, 6.07) is 12.0. The van der Waals surface area contributed by atoms with Gasteiger partial charge >= 0.3 is 0 Å². The molecule has 0 radical (unpaired) electrons. The minimum Gasteiger partial charge on any atom is -0.310 e. The summed E-state index contributed by atoms with van der Waals surface area (Å²) in [7, 11) is 0. The average molecular weight is 309 g/mol. The first-order valence-electron chi connectivity index (χ1n) is 6.79. The molecule has 2 aromatic rings. The van der Waals surface area contributed by atoms with E-state index in [-0.39, 0.29) is 6.04 Å². The van der Waals surface area contributed by atoms with Crippen LogP contribution in [0.25, 0.3) is 0 Å². The maximum absolute atomic E-state index is 6.12. The molecular weight excluding hydrogens is 291 g/mol. The summed E-state index contributed by atoms with van der Waals surface area (Å²) >= 11 is 12.1. The number of hydrogen-bond donors (Lipinski definition) is 1. The summed E-state index contributed by atoms with van der Waals surface area (Å²) < 4.78 is 0. The van der Waals surface area contributed by atoms with Crippen molar-refractivity contribution in [1.82, 2.24) is 10.3 Å². The fraction of sp³-hybridized carbons (Fsp3) is 0.312. The lowest BCUT2D eigenvalue weighted by Crippen LogP contribution is -2.24. The molecule has 1 atom stereocenters. The van der Waals surface area contributed by atoms with Crippen LogP contribution in [-0.2, 0) is 6.42 Å². The Morgan fingerprint density at radius 2 is 2.00 bits per heavy atom. The molecule has 0 aliphatic heterocycles.